The summed E-state index contributed by atoms with van der Waals surface area (Å²) >= 11 is 3.41. The van der Waals surface area contributed by atoms with Crippen molar-refractivity contribution in [3.8, 4) is 0 Å². The normalized spacial score (nSPS) is 12.6. The highest BCUT2D eigenvalue weighted by atomic mass is 32.2. The lowest BCUT2D eigenvalue weighted by Crippen LogP contribution is -1.77. The van der Waals surface area contributed by atoms with Crippen LogP contribution in [0.1, 0.15) is 18.2 Å². The standard InChI is InChI=1S/C10H13NS2/c1-3-9(8-12-2)11-7-10-5-4-6-13-10/h4-8H,3H2,1-2H3/b9-8-,11-7?. The molecule has 0 radical (unpaired) electrons. The topological polar surface area (TPSA) is 12.4 Å². The number of hydrogen-bond donors (Lipinski definition) is 0. The lowest BCUT2D eigenvalue weighted by atomic mass is 10.4. The zero-order valence-electron chi connectivity index (χ0n) is 7.86. The van der Waals surface area contributed by atoms with Crippen LogP contribution in [0.4, 0.5) is 0 Å². The molecule has 1 heterocycles. The molecule has 0 saturated heterocycles. The van der Waals surface area contributed by atoms with Gasteiger partial charge >= 0.3 is 0 Å². The van der Waals surface area contributed by atoms with Crippen molar-refractivity contribution < 1.29 is 0 Å². The van der Waals surface area contributed by atoms with Crippen molar-refractivity contribution in [2.75, 3.05) is 6.26 Å². The summed E-state index contributed by atoms with van der Waals surface area (Å²) in [5.41, 5.74) is 1.14. The summed E-state index contributed by atoms with van der Waals surface area (Å²) in [4.78, 5) is 5.61. The SMILES string of the molecule is CC/C(=C/SC)N=Cc1cccs1. The van der Waals surface area contributed by atoms with Gasteiger partial charge in [0, 0.05) is 16.8 Å². The molecule has 0 aromatic carbocycles. The van der Waals surface area contributed by atoms with Crippen molar-refractivity contribution in [1.82, 2.24) is 0 Å². The monoisotopic (exact) mass is 211 g/mol. The zero-order chi connectivity index (χ0) is 9.52. The maximum Gasteiger partial charge on any atom is 0.0464 e. The first-order chi connectivity index (χ1) is 6.36. The highest BCUT2D eigenvalue weighted by Crippen LogP contribution is 2.10. The molecule has 1 nitrogen and oxygen atoms in total. The zero-order valence-corrected chi connectivity index (χ0v) is 9.49. The molecule has 0 aliphatic heterocycles. The van der Waals surface area contributed by atoms with Crippen LogP contribution in [0, 0.1) is 0 Å². The van der Waals surface area contributed by atoms with Crippen molar-refractivity contribution in [3.05, 3.63) is 33.5 Å². The van der Waals surface area contributed by atoms with Crippen LogP contribution < -0.4 is 0 Å². The summed E-state index contributed by atoms with van der Waals surface area (Å²) in [7, 11) is 0. The molecule has 3 heteroatoms. The van der Waals surface area contributed by atoms with Crippen LogP contribution >= 0.6 is 23.1 Å². The van der Waals surface area contributed by atoms with Gasteiger partial charge in [-0.05, 0) is 29.5 Å². The smallest absolute Gasteiger partial charge is 0.0464 e. The van der Waals surface area contributed by atoms with Crippen molar-refractivity contribution in [2.24, 2.45) is 4.99 Å². The molecule has 70 valence electrons. The number of thioether (sulfide) groups is 1. The third kappa shape index (κ3) is 3.79. The summed E-state index contributed by atoms with van der Waals surface area (Å²) in [6, 6.07) is 4.11. The minimum atomic E-state index is 0.989. The minimum Gasteiger partial charge on any atom is -0.259 e. The summed E-state index contributed by atoms with van der Waals surface area (Å²) in [6.45, 7) is 2.12. The number of aliphatic imine (C=N–C) groups is 1. The Morgan fingerprint density at radius 1 is 1.69 bits per heavy atom. The fraction of sp³-hybridized carbons (Fsp3) is 0.300. The number of thiophene rings is 1. The quantitative estimate of drug-likeness (QED) is 0.690. The Balaban J connectivity index is 2.61. The molecule has 0 amide bonds. The Hall–Kier alpha value is -0.540. The second-order valence-corrected chi connectivity index (χ2v) is 4.16. The van der Waals surface area contributed by atoms with Crippen molar-refractivity contribution in [3.63, 3.8) is 0 Å². The molecule has 0 saturated carbocycles. The van der Waals surface area contributed by atoms with Gasteiger partial charge in [-0.2, -0.15) is 0 Å². The van der Waals surface area contributed by atoms with Gasteiger partial charge in [0.15, 0.2) is 0 Å². The fourth-order valence-electron chi connectivity index (χ4n) is 0.852. The maximum atomic E-state index is 4.40. The van der Waals surface area contributed by atoms with Crippen LogP contribution in [0.2, 0.25) is 0 Å². The van der Waals surface area contributed by atoms with Crippen LogP contribution in [0.25, 0.3) is 0 Å². The fourth-order valence-corrected chi connectivity index (χ4v) is 1.94. The molecule has 0 aliphatic carbocycles. The first-order valence-electron chi connectivity index (χ1n) is 4.16. The van der Waals surface area contributed by atoms with Gasteiger partial charge in [0.05, 0.1) is 0 Å². The predicted octanol–water partition coefficient (Wildman–Crippen LogP) is 3.78. The Kier molecular flexibility index (Phi) is 4.86. The molecule has 1 aromatic rings. The lowest BCUT2D eigenvalue weighted by Gasteiger charge is -1.93. The van der Waals surface area contributed by atoms with E-state index in [1.807, 2.05) is 12.3 Å². The molecule has 1 aromatic heterocycles. The molecule has 1 rings (SSSR count). The molecule has 0 N–H and O–H groups in total. The average Bonchev–Trinajstić information content (AvgIpc) is 2.64. The van der Waals surface area contributed by atoms with Crippen LogP contribution in [-0.2, 0) is 0 Å². The van der Waals surface area contributed by atoms with Crippen molar-refractivity contribution >= 4 is 29.3 Å². The highest BCUT2D eigenvalue weighted by Gasteiger charge is 1.89. The van der Waals surface area contributed by atoms with E-state index in [0.29, 0.717) is 0 Å². The van der Waals surface area contributed by atoms with Gasteiger partial charge in [0.25, 0.3) is 0 Å². The van der Waals surface area contributed by atoms with Gasteiger partial charge in [-0.3, -0.25) is 4.99 Å². The van der Waals surface area contributed by atoms with Gasteiger partial charge in [-0.15, -0.1) is 23.1 Å². The van der Waals surface area contributed by atoms with E-state index in [2.05, 4.69) is 35.0 Å². The Labute approximate surface area is 87.6 Å². The van der Waals surface area contributed by atoms with Crippen LogP contribution in [0.5, 0.6) is 0 Å². The van der Waals surface area contributed by atoms with Crippen LogP contribution in [0.15, 0.2) is 33.6 Å². The van der Waals surface area contributed by atoms with Crippen molar-refractivity contribution in [2.45, 2.75) is 13.3 Å². The number of hydrogen-bond acceptors (Lipinski definition) is 3. The first kappa shape index (κ1) is 10.5. The molecule has 0 bridgehead atoms. The van der Waals surface area contributed by atoms with E-state index in [1.54, 1.807) is 23.1 Å². The van der Waals surface area contributed by atoms with E-state index >= 15 is 0 Å². The third-order valence-electron chi connectivity index (χ3n) is 1.52. The molecule has 13 heavy (non-hydrogen) atoms. The number of allylic oxidation sites excluding steroid dienone is 1. The largest absolute Gasteiger partial charge is 0.259 e. The molecule has 0 aliphatic rings. The third-order valence-corrected chi connectivity index (χ3v) is 2.83. The maximum absolute atomic E-state index is 4.40. The van der Waals surface area contributed by atoms with Gasteiger partial charge in [-0.1, -0.05) is 13.0 Å². The molecular formula is C10H13NS2. The second-order valence-electron chi connectivity index (χ2n) is 2.47. The molecule has 0 spiro atoms. The van der Waals surface area contributed by atoms with Gasteiger partial charge in [0.2, 0.25) is 0 Å². The van der Waals surface area contributed by atoms with E-state index in [9.17, 15) is 0 Å². The number of rotatable bonds is 4. The Morgan fingerprint density at radius 3 is 3.08 bits per heavy atom. The molecule has 0 atom stereocenters. The van der Waals surface area contributed by atoms with Crippen molar-refractivity contribution in [1.29, 1.82) is 0 Å². The van der Waals surface area contributed by atoms with E-state index in [-0.39, 0.29) is 0 Å². The molecule has 0 fully saturated rings. The van der Waals surface area contributed by atoms with Gasteiger partial charge in [-0.25, -0.2) is 0 Å². The van der Waals surface area contributed by atoms with E-state index in [1.165, 1.54) is 4.88 Å². The van der Waals surface area contributed by atoms with Crippen LogP contribution in [-0.4, -0.2) is 12.5 Å². The number of nitrogens with zero attached hydrogens (tertiary/aromatic N) is 1. The van der Waals surface area contributed by atoms with E-state index in [0.717, 1.165) is 12.1 Å². The average molecular weight is 211 g/mol. The predicted molar refractivity (Wildman–Crippen MR) is 63.8 cm³/mol. The lowest BCUT2D eigenvalue weighted by molar-refractivity contribution is 1.08. The Bertz CT molecular complexity index is 286. The van der Waals surface area contributed by atoms with E-state index in [4.69, 9.17) is 0 Å². The summed E-state index contributed by atoms with van der Waals surface area (Å²) in [5.74, 6) is 0. The Morgan fingerprint density at radius 2 is 2.54 bits per heavy atom. The first-order valence-corrected chi connectivity index (χ1v) is 6.33. The second kappa shape index (κ2) is 6.00. The summed E-state index contributed by atoms with van der Waals surface area (Å²) in [5, 5.41) is 4.15. The summed E-state index contributed by atoms with van der Waals surface area (Å²) in [6.07, 6.45) is 4.97. The molecular weight excluding hydrogens is 198 g/mol. The van der Waals surface area contributed by atoms with Gasteiger partial charge in [0.1, 0.15) is 0 Å². The highest BCUT2D eigenvalue weighted by molar-refractivity contribution is 8.01. The van der Waals surface area contributed by atoms with Crippen LogP contribution in [0.3, 0.4) is 0 Å². The minimum absolute atomic E-state index is 0.989. The summed E-state index contributed by atoms with van der Waals surface area (Å²) < 4.78 is 0. The molecule has 0 unspecified atom stereocenters. The van der Waals surface area contributed by atoms with E-state index < -0.39 is 0 Å². The van der Waals surface area contributed by atoms with Gasteiger partial charge < -0.3 is 0 Å².